The van der Waals surface area contributed by atoms with Gasteiger partial charge in [-0.05, 0) is 56.7 Å². The first-order chi connectivity index (χ1) is 13.7. The highest BCUT2D eigenvalue weighted by Gasteiger charge is 2.61. The first-order valence-corrected chi connectivity index (χ1v) is 10.8. The van der Waals surface area contributed by atoms with E-state index in [-0.39, 0.29) is 11.3 Å². The zero-order valence-electron chi connectivity index (χ0n) is 16.3. The molecule has 2 atom stereocenters. The smallest absolute Gasteiger partial charge is 0.293 e. The molecule has 5 aliphatic rings. The fourth-order valence-corrected chi connectivity index (χ4v) is 6.07. The Hall–Kier alpha value is -1.69. The van der Waals surface area contributed by atoms with Crippen LogP contribution in [0.15, 0.2) is 36.4 Å². The van der Waals surface area contributed by atoms with Gasteiger partial charge >= 0.3 is 0 Å². The summed E-state index contributed by atoms with van der Waals surface area (Å²) < 4.78 is 12.8. The number of ether oxygens (including phenoxy) is 2. The SMILES string of the molecule is O=C1N(CN2CCCCC2)c2ccccc2C12OCC1(CO2)C[C@H]2C=C[C@@H]1C2. The van der Waals surface area contributed by atoms with Gasteiger partial charge in [-0.15, -0.1) is 0 Å². The van der Waals surface area contributed by atoms with Gasteiger partial charge in [0.25, 0.3) is 11.7 Å². The highest BCUT2D eigenvalue weighted by atomic mass is 16.7. The fourth-order valence-electron chi connectivity index (χ4n) is 6.07. The lowest BCUT2D eigenvalue weighted by Crippen LogP contribution is -2.55. The minimum atomic E-state index is -1.25. The van der Waals surface area contributed by atoms with Crippen LogP contribution in [0, 0.1) is 17.3 Å². The molecule has 5 heteroatoms. The van der Waals surface area contributed by atoms with Gasteiger partial charge < -0.3 is 9.47 Å². The van der Waals surface area contributed by atoms with E-state index in [2.05, 4.69) is 17.1 Å². The normalized spacial score (nSPS) is 39.4. The third kappa shape index (κ3) is 2.33. The molecular weight excluding hydrogens is 352 g/mol. The van der Waals surface area contributed by atoms with Crippen molar-refractivity contribution in [3.05, 3.63) is 42.0 Å². The summed E-state index contributed by atoms with van der Waals surface area (Å²) in [7, 11) is 0. The lowest BCUT2D eigenvalue weighted by Gasteiger charge is -2.45. The summed E-state index contributed by atoms with van der Waals surface area (Å²) in [4.78, 5) is 17.9. The molecule has 1 amide bonds. The number of anilines is 1. The summed E-state index contributed by atoms with van der Waals surface area (Å²) in [6.07, 6.45) is 10.7. The molecule has 5 nitrogen and oxygen atoms in total. The molecule has 1 aromatic carbocycles. The topological polar surface area (TPSA) is 42.0 Å². The molecule has 3 fully saturated rings. The average Bonchev–Trinajstić information content (AvgIpc) is 3.40. The molecule has 2 aliphatic carbocycles. The number of nitrogens with zero attached hydrogens (tertiary/aromatic N) is 2. The second kappa shape index (κ2) is 6.15. The zero-order chi connectivity index (χ0) is 18.8. The highest BCUT2D eigenvalue weighted by Crippen LogP contribution is 2.57. The van der Waals surface area contributed by atoms with E-state index in [1.807, 2.05) is 29.2 Å². The molecule has 0 unspecified atom stereocenters. The van der Waals surface area contributed by atoms with E-state index >= 15 is 0 Å². The summed E-state index contributed by atoms with van der Waals surface area (Å²) in [6, 6.07) is 8.01. The number of likely N-dealkylation sites (tertiary alicyclic amines) is 1. The van der Waals surface area contributed by atoms with Crippen molar-refractivity contribution in [2.24, 2.45) is 17.3 Å². The minimum absolute atomic E-state index is 0.0483. The monoisotopic (exact) mass is 380 g/mol. The first-order valence-electron chi connectivity index (χ1n) is 10.8. The molecule has 0 aromatic heterocycles. The largest absolute Gasteiger partial charge is 0.338 e. The Kier molecular flexibility index (Phi) is 3.78. The maximum absolute atomic E-state index is 13.6. The molecule has 2 spiro atoms. The number of hydrogen-bond acceptors (Lipinski definition) is 4. The van der Waals surface area contributed by atoms with Crippen molar-refractivity contribution in [2.75, 3.05) is 37.9 Å². The molecule has 3 heterocycles. The predicted molar refractivity (Wildman–Crippen MR) is 106 cm³/mol. The zero-order valence-corrected chi connectivity index (χ0v) is 16.3. The highest BCUT2D eigenvalue weighted by molar-refractivity contribution is 6.06. The summed E-state index contributed by atoms with van der Waals surface area (Å²) in [6.45, 7) is 3.95. The molecule has 2 saturated heterocycles. The number of carbonyl (C=O) groups is 1. The van der Waals surface area contributed by atoms with Crippen LogP contribution in [0.5, 0.6) is 0 Å². The molecule has 148 valence electrons. The Bertz CT molecular complexity index is 821. The predicted octanol–water partition coefficient (Wildman–Crippen LogP) is 3.26. The number of rotatable bonds is 2. The first kappa shape index (κ1) is 17.2. The molecule has 2 bridgehead atoms. The van der Waals surface area contributed by atoms with Gasteiger partial charge in [-0.1, -0.05) is 36.8 Å². The van der Waals surface area contributed by atoms with E-state index in [1.165, 1.54) is 25.7 Å². The van der Waals surface area contributed by atoms with Crippen LogP contribution in [-0.2, 0) is 20.1 Å². The van der Waals surface area contributed by atoms with Crippen LogP contribution in [-0.4, -0.2) is 43.8 Å². The molecule has 1 saturated carbocycles. The summed E-state index contributed by atoms with van der Waals surface area (Å²) in [5, 5.41) is 0. The van der Waals surface area contributed by atoms with Crippen LogP contribution in [0.2, 0.25) is 0 Å². The summed E-state index contributed by atoms with van der Waals surface area (Å²) in [5.74, 6) is -0.101. The van der Waals surface area contributed by atoms with Crippen LogP contribution in [0.25, 0.3) is 0 Å². The van der Waals surface area contributed by atoms with Crippen LogP contribution >= 0.6 is 0 Å². The Balaban J connectivity index is 1.29. The third-order valence-corrected chi connectivity index (χ3v) is 7.62. The van der Waals surface area contributed by atoms with Crippen molar-refractivity contribution >= 4 is 11.6 Å². The number of piperidine rings is 1. The van der Waals surface area contributed by atoms with Gasteiger partial charge in [-0.2, -0.15) is 0 Å². The van der Waals surface area contributed by atoms with Gasteiger partial charge in [0.1, 0.15) is 0 Å². The number of fused-ring (bicyclic) bond motifs is 5. The standard InChI is InChI=1S/C23H28N2O3/c26-21-23(27-14-22(15-28-23)13-17-8-9-18(22)12-17)19-6-2-3-7-20(19)25(21)16-24-10-4-1-5-11-24/h2-3,6-9,17-18H,1,4-5,10-16H2/t17-,18+,22?,23?/m0/s1. The van der Waals surface area contributed by atoms with E-state index in [1.54, 1.807) is 0 Å². The number of amides is 1. The van der Waals surface area contributed by atoms with Crippen molar-refractivity contribution < 1.29 is 14.3 Å². The van der Waals surface area contributed by atoms with Crippen LogP contribution in [0.1, 0.15) is 37.7 Å². The van der Waals surface area contributed by atoms with Gasteiger partial charge in [-0.25, -0.2) is 0 Å². The molecule has 0 N–H and O–H groups in total. The molecule has 1 aromatic rings. The summed E-state index contributed by atoms with van der Waals surface area (Å²) in [5.41, 5.74) is 1.88. The maximum atomic E-state index is 13.6. The van der Waals surface area contributed by atoms with E-state index in [0.29, 0.717) is 31.7 Å². The number of para-hydroxylation sites is 1. The van der Waals surface area contributed by atoms with Crippen molar-refractivity contribution in [3.63, 3.8) is 0 Å². The maximum Gasteiger partial charge on any atom is 0.293 e. The quantitative estimate of drug-likeness (QED) is 0.739. The minimum Gasteiger partial charge on any atom is -0.338 e. The molecular formula is C23H28N2O3. The van der Waals surface area contributed by atoms with Crippen molar-refractivity contribution in [3.8, 4) is 0 Å². The molecule has 0 radical (unpaired) electrons. The molecule has 3 aliphatic heterocycles. The van der Waals surface area contributed by atoms with E-state index in [4.69, 9.17) is 9.47 Å². The Morgan fingerprint density at radius 1 is 1.04 bits per heavy atom. The second-order valence-corrected chi connectivity index (χ2v) is 9.32. The summed E-state index contributed by atoms with van der Waals surface area (Å²) >= 11 is 0. The molecule has 6 rings (SSSR count). The Morgan fingerprint density at radius 2 is 1.82 bits per heavy atom. The van der Waals surface area contributed by atoms with Crippen molar-refractivity contribution in [1.29, 1.82) is 0 Å². The van der Waals surface area contributed by atoms with E-state index < -0.39 is 5.79 Å². The van der Waals surface area contributed by atoms with Gasteiger partial charge in [0.2, 0.25) is 0 Å². The van der Waals surface area contributed by atoms with Gasteiger partial charge in [0.05, 0.1) is 25.6 Å². The third-order valence-electron chi connectivity index (χ3n) is 7.62. The van der Waals surface area contributed by atoms with Crippen LogP contribution in [0.3, 0.4) is 0 Å². The van der Waals surface area contributed by atoms with Crippen molar-refractivity contribution in [2.45, 2.75) is 37.9 Å². The second-order valence-electron chi connectivity index (χ2n) is 9.32. The number of hydrogen-bond donors (Lipinski definition) is 0. The Morgan fingerprint density at radius 3 is 2.54 bits per heavy atom. The van der Waals surface area contributed by atoms with E-state index in [0.717, 1.165) is 30.8 Å². The van der Waals surface area contributed by atoms with Gasteiger partial charge in [0.15, 0.2) is 0 Å². The lowest BCUT2D eigenvalue weighted by molar-refractivity contribution is -0.295. The molecule has 28 heavy (non-hydrogen) atoms. The fraction of sp³-hybridized carbons (Fsp3) is 0.609. The van der Waals surface area contributed by atoms with Gasteiger partial charge in [-0.3, -0.25) is 14.6 Å². The average molecular weight is 380 g/mol. The van der Waals surface area contributed by atoms with E-state index in [9.17, 15) is 4.79 Å². The Labute approximate surface area is 166 Å². The van der Waals surface area contributed by atoms with Crippen molar-refractivity contribution in [1.82, 2.24) is 4.90 Å². The van der Waals surface area contributed by atoms with Crippen LogP contribution < -0.4 is 4.90 Å². The number of benzene rings is 1. The lowest BCUT2D eigenvalue weighted by atomic mass is 9.76. The number of allylic oxidation sites excluding steroid dienone is 2. The number of carbonyl (C=O) groups excluding carboxylic acids is 1. The van der Waals surface area contributed by atoms with Crippen LogP contribution in [0.4, 0.5) is 5.69 Å². The van der Waals surface area contributed by atoms with Gasteiger partial charge in [0, 0.05) is 11.0 Å².